The number of aromatic nitrogens is 2. The van der Waals surface area contributed by atoms with Crippen molar-refractivity contribution in [1.29, 1.82) is 0 Å². The summed E-state index contributed by atoms with van der Waals surface area (Å²) in [6, 6.07) is 19.5. The van der Waals surface area contributed by atoms with Crippen LogP contribution in [0.3, 0.4) is 0 Å². The maximum Gasteiger partial charge on any atom is 0.356 e. The number of carbonyl (C=O) groups is 2. The highest BCUT2D eigenvalue weighted by Gasteiger charge is 2.27. The van der Waals surface area contributed by atoms with Crippen molar-refractivity contribution >= 4 is 60.9 Å². The standard InChI is InChI=1S/C29H24ClN3O5S/c1-4-37-19-13-14-22-23(15-19)39-29(31-22)32-26(34)16(2)38-28(36)25-24(17-9-11-18(30)12-10-17)20-7-5-6-8-21(20)27(35)33(25)3/h5-16H,4H2,1-3H3,(H,31,32,34). The number of nitrogens with zero attached hydrogens (tertiary/aromatic N) is 2. The number of hydrogen-bond acceptors (Lipinski definition) is 7. The molecule has 8 nitrogen and oxygen atoms in total. The number of amides is 1. The van der Waals surface area contributed by atoms with Crippen LogP contribution in [0.25, 0.3) is 32.1 Å². The predicted molar refractivity (Wildman–Crippen MR) is 154 cm³/mol. The van der Waals surface area contributed by atoms with Crippen LogP contribution >= 0.6 is 22.9 Å². The molecule has 0 saturated carbocycles. The average Bonchev–Trinajstić information content (AvgIpc) is 3.32. The number of halogens is 1. The van der Waals surface area contributed by atoms with Crippen molar-refractivity contribution in [2.24, 2.45) is 7.05 Å². The molecule has 0 aliphatic heterocycles. The Morgan fingerprint density at radius 1 is 1.08 bits per heavy atom. The molecule has 5 aromatic rings. The lowest BCUT2D eigenvalue weighted by Crippen LogP contribution is -2.32. The molecule has 0 spiro atoms. The van der Waals surface area contributed by atoms with Gasteiger partial charge in [-0.25, -0.2) is 9.78 Å². The Kier molecular flexibility index (Phi) is 7.36. The third-order valence-electron chi connectivity index (χ3n) is 6.18. The number of thiazole rings is 1. The van der Waals surface area contributed by atoms with E-state index in [1.54, 1.807) is 48.5 Å². The van der Waals surface area contributed by atoms with Crippen molar-refractivity contribution in [2.45, 2.75) is 20.0 Å². The lowest BCUT2D eigenvalue weighted by atomic mass is 9.96. The second kappa shape index (κ2) is 10.9. The molecule has 1 amide bonds. The molecule has 0 bridgehead atoms. The molecule has 198 valence electrons. The molecule has 1 N–H and O–H groups in total. The minimum Gasteiger partial charge on any atom is -0.494 e. The summed E-state index contributed by atoms with van der Waals surface area (Å²) >= 11 is 7.38. The molecule has 0 aliphatic carbocycles. The van der Waals surface area contributed by atoms with Crippen LogP contribution in [0, 0.1) is 0 Å². The number of fused-ring (bicyclic) bond motifs is 2. The molecule has 0 saturated heterocycles. The zero-order valence-corrected chi connectivity index (χ0v) is 22.9. The molecular formula is C29H24ClN3O5S. The van der Waals surface area contributed by atoms with Gasteiger partial charge >= 0.3 is 5.97 Å². The largest absolute Gasteiger partial charge is 0.494 e. The average molecular weight is 562 g/mol. The molecule has 3 aromatic carbocycles. The highest BCUT2D eigenvalue weighted by Crippen LogP contribution is 2.32. The summed E-state index contributed by atoms with van der Waals surface area (Å²) in [6.45, 7) is 3.91. The van der Waals surface area contributed by atoms with Crippen LogP contribution in [-0.2, 0) is 16.6 Å². The number of anilines is 1. The predicted octanol–water partition coefficient (Wildman–Crippen LogP) is 6.05. The quantitative estimate of drug-likeness (QED) is 0.243. The molecule has 0 radical (unpaired) electrons. The van der Waals surface area contributed by atoms with Gasteiger partial charge in [-0.3, -0.25) is 14.9 Å². The summed E-state index contributed by atoms with van der Waals surface area (Å²) < 4.78 is 13.2. The number of carbonyl (C=O) groups excluding carboxylic acids is 2. The summed E-state index contributed by atoms with van der Waals surface area (Å²) in [5.74, 6) is -0.642. The third kappa shape index (κ3) is 5.23. The van der Waals surface area contributed by atoms with Crippen LogP contribution in [-0.4, -0.2) is 34.1 Å². The fraction of sp³-hybridized carbons (Fsp3) is 0.172. The minimum atomic E-state index is -1.16. The van der Waals surface area contributed by atoms with Crippen molar-refractivity contribution in [2.75, 3.05) is 11.9 Å². The van der Waals surface area contributed by atoms with E-state index in [0.29, 0.717) is 49.9 Å². The normalized spacial score (nSPS) is 11.9. The Morgan fingerprint density at radius 2 is 1.79 bits per heavy atom. The van der Waals surface area contributed by atoms with Gasteiger partial charge in [-0.1, -0.05) is 53.3 Å². The molecule has 0 fully saturated rings. The fourth-order valence-corrected chi connectivity index (χ4v) is 5.33. The molecule has 0 aliphatic rings. The number of nitrogens with one attached hydrogen (secondary N) is 1. The number of ether oxygens (including phenoxy) is 2. The topological polar surface area (TPSA) is 99.5 Å². The van der Waals surface area contributed by atoms with E-state index >= 15 is 0 Å². The van der Waals surface area contributed by atoms with Crippen LogP contribution in [0.4, 0.5) is 5.13 Å². The van der Waals surface area contributed by atoms with Gasteiger partial charge in [-0.2, -0.15) is 0 Å². The Balaban J connectivity index is 1.44. The van der Waals surface area contributed by atoms with Gasteiger partial charge in [0.25, 0.3) is 11.5 Å². The highest BCUT2D eigenvalue weighted by molar-refractivity contribution is 7.22. The Morgan fingerprint density at radius 3 is 2.51 bits per heavy atom. The van der Waals surface area contributed by atoms with E-state index in [-0.39, 0.29) is 11.3 Å². The van der Waals surface area contributed by atoms with Crippen LogP contribution in [0.5, 0.6) is 5.75 Å². The van der Waals surface area contributed by atoms with E-state index in [4.69, 9.17) is 21.1 Å². The van der Waals surface area contributed by atoms with Gasteiger partial charge in [0, 0.05) is 23.0 Å². The van der Waals surface area contributed by atoms with E-state index in [9.17, 15) is 14.4 Å². The van der Waals surface area contributed by atoms with Crippen molar-refractivity contribution in [3.8, 4) is 16.9 Å². The number of pyridine rings is 1. The van der Waals surface area contributed by atoms with Gasteiger partial charge in [0.2, 0.25) is 0 Å². The summed E-state index contributed by atoms with van der Waals surface area (Å²) in [7, 11) is 1.51. The number of rotatable bonds is 7. The first-order valence-electron chi connectivity index (χ1n) is 12.2. The molecular weight excluding hydrogens is 538 g/mol. The van der Waals surface area contributed by atoms with E-state index in [2.05, 4.69) is 10.3 Å². The second-order valence-electron chi connectivity index (χ2n) is 8.76. The maximum atomic E-state index is 13.5. The fourth-order valence-electron chi connectivity index (χ4n) is 4.30. The zero-order chi connectivity index (χ0) is 27.7. The van der Waals surface area contributed by atoms with Crippen LogP contribution in [0.15, 0.2) is 71.5 Å². The van der Waals surface area contributed by atoms with Crippen molar-refractivity contribution in [3.63, 3.8) is 0 Å². The van der Waals surface area contributed by atoms with E-state index < -0.39 is 18.0 Å². The Bertz CT molecular complexity index is 1780. The lowest BCUT2D eigenvalue weighted by molar-refractivity contribution is -0.123. The molecule has 2 aromatic heterocycles. The van der Waals surface area contributed by atoms with Gasteiger partial charge in [0.1, 0.15) is 11.4 Å². The molecule has 1 atom stereocenters. The third-order valence-corrected chi connectivity index (χ3v) is 7.37. The zero-order valence-electron chi connectivity index (χ0n) is 21.4. The summed E-state index contributed by atoms with van der Waals surface area (Å²) in [5, 5.41) is 4.66. The number of hydrogen-bond donors (Lipinski definition) is 1. The molecule has 10 heteroatoms. The maximum absolute atomic E-state index is 13.5. The van der Waals surface area contributed by atoms with Gasteiger partial charge in [0.15, 0.2) is 11.2 Å². The smallest absolute Gasteiger partial charge is 0.356 e. The first kappa shape index (κ1) is 26.4. The first-order chi connectivity index (χ1) is 18.8. The van der Waals surface area contributed by atoms with E-state index in [1.165, 1.54) is 29.9 Å². The number of esters is 1. The van der Waals surface area contributed by atoms with Gasteiger partial charge < -0.3 is 14.0 Å². The molecule has 39 heavy (non-hydrogen) atoms. The van der Waals surface area contributed by atoms with Crippen molar-refractivity contribution < 1.29 is 19.1 Å². The van der Waals surface area contributed by atoms with Crippen molar-refractivity contribution in [3.05, 3.63) is 87.8 Å². The lowest BCUT2D eigenvalue weighted by Gasteiger charge is -2.18. The van der Waals surface area contributed by atoms with Crippen LogP contribution in [0.2, 0.25) is 5.02 Å². The summed E-state index contributed by atoms with van der Waals surface area (Å²) in [4.78, 5) is 44.0. The number of benzene rings is 3. The Labute approximate surface area is 232 Å². The van der Waals surface area contributed by atoms with Crippen LogP contribution < -0.4 is 15.6 Å². The monoisotopic (exact) mass is 561 g/mol. The molecule has 2 heterocycles. The van der Waals surface area contributed by atoms with Gasteiger partial charge in [0.05, 0.1) is 16.8 Å². The Hall–Kier alpha value is -4.21. The van der Waals surface area contributed by atoms with E-state index in [1.807, 2.05) is 25.1 Å². The van der Waals surface area contributed by atoms with E-state index in [0.717, 1.165) is 4.70 Å². The highest BCUT2D eigenvalue weighted by atomic mass is 35.5. The van der Waals surface area contributed by atoms with Gasteiger partial charge in [-0.05, 0) is 61.2 Å². The van der Waals surface area contributed by atoms with Gasteiger partial charge in [-0.15, -0.1) is 0 Å². The minimum absolute atomic E-state index is 0.0316. The summed E-state index contributed by atoms with van der Waals surface area (Å²) in [5.41, 5.74) is 1.58. The van der Waals surface area contributed by atoms with Crippen molar-refractivity contribution in [1.82, 2.24) is 9.55 Å². The first-order valence-corrected chi connectivity index (χ1v) is 13.4. The second-order valence-corrected chi connectivity index (χ2v) is 10.2. The van der Waals surface area contributed by atoms with Crippen LogP contribution in [0.1, 0.15) is 24.3 Å². The molecule has 1 unspecified atom stereocenters. The SMILES string of the molecule is CCOc1ccc2nc(NC(=O)C(C)OC(=O)c3c(-c4ccc(Cl)cc4)c4ccccc4c(=O)n3C)sc2c1. The molecule has 5 rings (SSSR count). The summed E-state index contributed by atoms with van der Waals surface area (Å²) in [6.07, 6.45) is -1.16.